The van der Waals surface area contributed by atoms with Gasteiger partial charge in [0.2, 0.25) is 0 Å². The summed E-state index contributed by atoms with van der Waals surface area (Å²) in [4.78, 5) is 0. The SMILES string of the molecule is CC(=CO)Cc1ccccc1C(C)C. The fraction of sp³-hybridized carbons (Fsp3) is 0.385. The summed E-state index contributed by atoms with van der Waals surface area (Å²) in [5, 5.41) is 8.86. The Morgan fingerprint density at radius 1 is 1.36 bits per heavy atom. The third-order valence-corrected chi connectivity index (χ3v) is 2.37. The molecule has 1 rings (SSSR count). The Kier molecular flexibility index (Phi) is 3.75. The fourth-order valence-corrected chi connectivity index (χ4v) is 1.60. The first-order chi connectivity index (χ1) is 6.65. The molecule has 1 aromatic carbocycles. The van der Waals surface area contributed by atoms with E-state index in [2.05, 4.69) is 32.0 Å². The van der Waals surface area contributed by atoms with Gasteiger partial charge in [-0.05, 0) is 36.0 Å². The van der Waals surface area contributed by atoms with Crippen LogP contribution in [0.2, 0.25) is 0 Å². The number of hydrogen-bond acceptors (Lipinski definition) is 1. The molecular weight excluding hydrogens is 172 g/mol. The molecule has 0 heterocycles. The predicted molar refractivity (Wildman–Crippen MR) is 60.6 cm³/mol. The molecule has 76 valence electrons. The molecule has 0 aliphatic rings. The summed E-state index contributed by atoms with van der Waals surface area (Å²) in [6.07, 6.45) is 2.03. The third-order valence-electron chi connectivity index (χ3n) is 2.37. The smallest absolute Gasteiger partial charge is 0.0784 e. The van der Waals surface area contributed by atoms with Gasteiger partial charge in [0, 0.05) is 0 Å². The lowest BCUT2D eigenvalue weighted by atomic mass is 9.94. The molecule has 1 aromatic rings. The molecular formula is C13H18O. The summed E-state index contributed by atoms with van der Waals surface area (Å²) >= 11 is 0. The van der Waals surface area contributed by atoms with Gasteiger partial charge in [-0.2, -0.15) is 0 Å². The van der Waals surface area contributed by atoms with E-state index in [4.69, 9.17) is 5.11 Å². The Balaban J connectivity index is 2.96. The zero-order chi connectivity index (χ0) is 10.6. The van der Waals surface area contributed by atoms with Gasteiger partial charge >= 0.3 is 0 Å². The van der Waals surface area contributed by atoms with Gasteiger partial charge in [0.15, 0.2) is 0 Å². The van der Waals surface area contributed by atoms with E-state index >= 15 is 0 Å². The number of hydrogen-bond donors (Lipinski definition) is 1. The molecule has 0 aliphatic heterocycles. The lowest BCUT2D eigenvalue weighted by Gasteiger charge is -2.12. The Morgan fingerprint density at radius 3 is 2.57 bits per heavy atom. The lowest BCUT2D eigenvalue weighted by molar-refractivity contribution is 0.465. The van der Waals surface area contributed by atoms with Crippen LogP contribution in [0.25, 0.3) is 0 Å². The molecule has 0 bridgehead atoms. The minimum Gasteiger partial charge on any atom is -0.516 e. The topological polar surface area (TPSA) is 20.2 Å². The van der Waals surface area contributed by atoms with Crippen molar-refractivity contribution >= 4 is 0 Å². The average Bonchev–Trinajstić information content (AvgIpc) is 2.18. The van der Waals surface area contributed by atoms with Gasteiger partial charge in [0.05, 0.1) is 6.26 Å². The number of allylic oxidation sites excluding steroid dienone is 1. The van der Waals surface area contributed by atoms with Crippen LogP contribution in [0.4, 0.5) is 0 Å². The van der Waals surface area contributed by atoms with Gasteiger partial charge in [0.25, 0.3) is 0 Å². The van der Waals surface area contributed by atoms with Crippen molar-refractivity contribution in [1.29, 1.82) is 0 Å². The normalized spacial score (nSPS) is 12.1. The van der Waals surface area contributed by atoms with Crippen LogP contribution < -0.4 is 0 Å². The first kappa shape index (κ1) is 10.8. The van der Waals surface area contributed by atoms with Crippen molar-refractivity contribution in [2.45, 2.75) is 33.1 Å². The fourth-order valence-electron chi connectivity index (χ4n) is 1.60. The second kappa shape index (κ2) is 4.85. The summed E-state index contributed by atoms with van der Waals surface area (Å²) in [7, 11) is 0. The maximum absolute atomic E-state index is 8.86. The van der Waals surface area contributed by atoms with Gasteiger partial charge in [-0.3, -0.25) is 0 Å². The summed E-state index contributed by atoms with van der Waals surface area (Å²) in [5.41, 5.74) is 3.68. The van der Waals surface area contributed by atoms with Crippen molar-refractivity contribution in [3.63, 3.8) is 0 Å². The van der Waals surface area contributed by atoms with Crippen LogP contribution in [0.5, 0.6) is 0 Å². The van der Waals surface area contributed by atoms with Crippen molar-refractivity contribution in [1.82, 2.24) is 0 Å². The van der Waals surface area contributed by atoms with Gasteiger partial charge in [-0.15, -0.1) is 0 Å². The highest BCUT2D eigenvalue weighted by Crippen LogP contribution is 2.21. The van der Waals surface area contributed by atoms with Crippen LogP contribution >= 0.6 is 0 Å². The van der Waals surface area contributed by atoms with Gasteiger partial charge < -0.3 is 5.11 Å². The van der Waals surface area contributed by atoms with E-state index in [9.17, 15) is 0 Å². The number of aliphatic hydroxyl groups excluding tert-OH is 1. The highest BCUT2D eigenvalue weighted by atomic mass is 16.2. The predicted octanol–water partition coefficient (Wildman–Crippen LogP) is 3.81. The van der Waals surface area contributed by atoms with Crippen LogP contribution in [-0.2, 0) is 6.42 Å². The second-order valence-electron chi connectivity index (χ2n) is 4.01. The van der Waals surface area contributed by atoms with Crippen LogP contribution in [0.1, 0.15) is 37.8 Å². The molecule has 0 aromatic heterocycles. The third kappa shape index (κ3) is 2.63. The molecule has 1 nitrogen and oxygen atoms in total. The quantitative estimate of drug-likeness (QED) is 0.718. The Hall–Kier alpha value is -1.24. The molecule has 0 spiro atoms. The van der Waals surface area contributed by atoms with Gasteiger partial charge in [0.1, 0.15) is 0 Å². The van der Waals surface area contributed by atoms with E-state index in [1.807, 2.05) is 13.0 Å². The maximum atomic E-state index is 8.86. The van der Waals surface area contributed by atoms with Crippen LogP contribution in [-0.4, -0.2) is 5.11 Å². The van der Waals surface area contributed by atoms with E-state index in [-0.39, 0.29) is 0 Å². The molecule has 1 N–H and O–H groups in total. The highest BCUT2D eigenvalue weighted by Gasteiger charge is 2.05. The number of rotatable bonds is 3. The zero-order valence-electron chi connectivity index (χ0n) is 9.12. The Morgan fingerprint density at radius 2 is 2.00 bits per heavy atom. The van der Waals surface area contributed by atoms with Crippen LogP contribution in [0.3, 0.4) is 0 Å². The molecule has 0 saturated heterocycles. The zero-order valence-corrected chi connectivity index (χ0v) is 9.12. The van der Waals surface area contributed by atoms with Crippen LogP contribution in [0, 0.1) is 0 Å². The standard InChI is InChI=1S/C13H18O/c1-10(2)13-7-5-4-6-12(13)8-11(3)9-14/h4-7,9-10,14H,8H2,1-3H3. The number of aliphatic hydroxyl groups is 1. The largest absolute Gasteiger partial charge is 0.516 e. The molecule has 0 amide bonds. The van der Waals surface area contributed by atoms with Crippen LogP contribution in [0.15, 0.2) is 36.1 Å². The molecule has 14 heavy (non-hydrogen) atoms. The summed E-state index contributed by atoms with van der Waals surface area (Å²) in [5.74, 6) is 0.540. The van der Waals surface area contributed by atoms with Gasteiger partial charge in [-0.25, -0.2) is 0 Å². The van der Waals surface area contributed by atoms with Gasteiger partial charge in [-0.1, -0.05) is 38.1 Å². The molecule has 0 radical (unpaired) electrons. The van der Waals surface area contributed by atoms with Crippen molar-refractivity contribution in [3.8, 4) is 0 Å². The van der Waals surface area contributed by atoms with E-state index < -0.39 is 0 Å². The van der Waals surface area contributed by atoms with Crippen molar-refractivity contribution in [3.05, 3.63) is 47.2 Å². The minimum atomic E-state index is 0.540. The first-order valence-corrected chi connectivity index (χ1v) is 5.02. The first-order valence-electron chi connectivity index (χ1n) is 5.02. The number of benzene rings is 1. The second-order valence-corrected chi connectivity index (χ2v) is 4.01. The molecule has 0 unspecified atom stereocenters. The molecule has 0 aliphatic carbocycles. The Labute approximate surface area is 86.1 Å². The van der Waals surface area contributed by atoms with Crippen molar-refractivity contribution in [2.24, 2.45) is 0 Å². The monoisotopic (exact) mass is 190 g/mol. The molecule has 0 saturated carbocycles. The molecule has 1 heteroatoms. The summed E-state index contributed by atoms with van der Waals surface area (Å²) in [6.45, 7) is 6.32. The highest BCUT2D eigenvalue weighted by molar-refractivity contribution is 5.32. The van der Waals surface area contributed by atoms with Crippen molar-refractivity contribution in [2.75, 3.05) is 0 Å². The van der Waals surface area contributed by atoms with E-state index in [0.717, 1.165) is 12.0 Å². The average molecular weight is 190 g/mol. The molecule has 0 fully saturated rings. The van der Waals surface area contributed by atoms with Crippen molar-refractivity contribution < 1.29 is 5.11 Å². The van der Waals surface area contributed by atoms with E-state index in [1.54, 1.807) is 0 Å². The summed E-state index contributed by atoms with van der Waals surface area (Å²) in [6, 6.07) is 8.40. The van der Waals surface area contributed by atoms with E-state index in [0.29, 0.717) is 5.92 Å². The minimum absolute atomic E-state index is 0.540. The Bertz CT molecular complexity index is 324. The molecule has 0 atom stereocenters. The maximum Gasteiger partial charge on any atom is 0.0784 e. The van der Waals surface area contributed by atoms with E-state index in [1.165, 1.54) is 17.4 Å². The lowest BCUT2D eigenvalue weighted by Crippen LogP contribution is -1.96. The summed E-state index contributed by atoms with van der Waals surface area (Å²) < 4.78 is 0.